The van der Waals surface area contributed by atoms with Crippen molar-refractivity contribution in [3.05, 3.63) is 140 Å². The molecule has 3 nitrogen and oxygen atoms in total. The summed E-state index contributed by atoms with van der Waals surface area (Å²) in [4.78, 5) is 4.50. The molecule has 0 amide bonds. The van der Waals surface area contributed by atoms with Crippen LogP contribution in [-0.2, 0) is 0 Å². The van der Waals surface area contributed by atoms with Gasteiger partial charge in [-0.2, -0.15) is 0 Å². The fourth-order valence-electron chi connectivity index (χ4n) is 5.91. The molecular weight excluding hydrogens is 462 g/mol. The topological polar surface area (TPSA) is 22.8 Å². The average molecular weight is 486 g/mol. The standard InChI is InChI=1S/C35H23N3/c1-2-8-24(9-3-1)25-14-16-26(17-15-25)37-34-19-18-27(22-30(34)31-23-36-21-20-35(31)37)38-32-12-6-4-10-28(32)29-11-5-7-13-33(29)38/h1-23H. The van der Waals surface area contributed by atoms with E-state index in [2.05, 4.69) is 142 Å². The number of para-hydroxylation sites is 2. The van der Waals surface area contributed by atoms with Gasteiger partial charge < -0.3 is 9.13 Å². The van der Waals surface area contributed by atoms with Crippen molar-refractivity contribution >= 4 is 43.6 Å². The maximum atomic E-state index is 4.50. The summed E-state index contributed by atoms with van der Waals surface area (Å²) in [6.45, 7) is 0. The zero-order valence-electron chi connectivity index (χ0n) is 20.6. The van der Waals surface area contributed by atoms with E-state index in [1.807, 2.05) is 12.4 Å². The Bertz CT molecular complexity index is 2060. The molecule has 5 aromatic carbocycles. The van der Waals surface area contributed by atoms with Crippen LogP contribution in [0.2, 0.25) is 0 Å². The first-order valence-electron chi connectivity index (χ1n) is 12.9. The van der Waals surface area contributed by atoms with E-state index in [0.29, 0.717) is 0 Å². The summed E-state index contributed by atoms with van der Waals surface area (Å²) in [6.07, 6.45) is 3.87. The molecule has 0 aliphatic rings. The fourth-order valence-corrected chi connectivity index (χ4v) is 5.91. The van der Waals surface area contributed by atoms with Crippen molar-refractivity contribution in [3.63, 3.8) is 0 Å². The van der Waals surface area contributed by atoms with Crippen LogP contribution in [0.25, 0.3) is 66.1 Å². The first-order chi connectivity index (χ1) is 18.9. The Balaban J connectivity index is 1.36. The van der Waals surface area contributed by atoms with E-state index in [0.717, 1.165) is 22.3 Å². The molecule has 3 heteroatoms. The van der Waals surface area contributed by atoms with Crippen molar-refractivity contribution in [2.24, 2.45) is 0 Å². The lowest BCUT2D eigenvalue weighted by atomic mass is 10.1. The van der Waals surface area contributed by atoms with Crippen LogP contribution in [0.5, 0.6) is 0 Å². The molecule has 0 fully saturated rings. The van der Waals surface area contributed by atoms with Crippen LogP contribution in [0.15, 0.2) is 140 Å². The molecule has 0 aliphatic carbocycles. The summed E-state index contributed by atoms with van der Waals surface area (Å²) in [5, 5.41) is 4.88. The van der Waals surface area contributed by atoms with Crippen LogP contribution in [0.1, 0.15) is 0 Å². The van der Waals surface area contributed by atoms with Crippen LogP contribution >= 0.6 is 0 Å². The van der Waals surface area contributed by atoms with E-state index >= 15 is 0 Å². The molecule has 8 rings (SSSR count). The Labute approximate surface area is 219 Å². The van der Waals surface area contributed by atoms with Gasteiger partial charge in [-0.25, -0.2) is 0 Å². The molecule has 0 bridgehead atoms. The predicted octanol–water partition coefficient (Wildman–Crippen LogP) is 8.94. The van der Waals surface area contributed by atoms with Crippen molar-refractivity contribution in [1.82, 2.24) is 14.1 Å². The number of fused-ring (bicyclic) bond motifs is 6. The molecule has 0 N–H and O–H groups in total. The van der Waals surface area contributed by atoms with Gasteiger partial charge in [0.2, 0.25) is 0 Å². The van der Waals surface area contributed by atoms with Crippen molar-refractivity contribution in [1.29, 1.82) is 0 Å². The van der Waals surface area contributed by atoms with Crippen LogP contribution < -0.4 is 0 Å². The zero-order valence-corrected chi connectivity index (χ0v) is 20.6. The fraction of sp³-hybridized carbons (Fsp3) is 0. The third-order valence-corrected chi connectivity index (χ3v) is 7.62. The van der Waals surface area contributed by atoms with E-state index in [1.54, 1.807) is 0 Å². The number of aromatic nitrogens is 3. The summed E-state index contributed by atoms with van der Waals surface area (Å²) in [7, 11) is 0. The first kappa shape index (κ1) is 21.0. The normalized spacial score (nSPS) is 11.7. The van der Waals surface area contributed by atoms with E-state index in [4.69, 9.17) is 0 Å². The summed E-state index contributed by atoms with van der Waals surface area (Å²) in [5.74, 6) is 0. The Morgan fingerprint density at radius 2 is 0.947 bits per heavy atom. The Kier molecular flexibility index (Phi) is 4.52. The lowest BCUT2D eigenvalue weighted by molar-refractivity contribution is 1.16. The molecule has 0 spiro atoms. The van der Waals surface area contributed by atoms with Gasteiger partial charge in [0.05, 0.1) is 22.1 Å². The molecule has 0 unspecified atom stereocenters. The van der Waals surface area contributed by atoms with Crippen molar-refractivity contribution in [2.45, 2.75) is 0 Å². The van der Waals surface area contributed by atoms with Crippen molar-refractivity contribution in [3.8, 4) is 22.5 Å². The van der Waals surface area contributed by atoms with Gasteiger partial charge in [-0.1, -0.05) is 78.9 Å². The number of nitrogens with zero attached hydrogens (tertiary/aromatic N) is 3. The van der Waals surface area contributed by atoms with Gasteiger partial charge in [0.1, 0.15) is 0 Å². The highest BCUT2D eigenvalue weighted by atomic mass is 15.0. The lowest BCUT2D eigenvalue weighted by Crippen LogP contribution is -1.95. The molecule has 0 saturated carbocycles. The first-order valence-corrected chi connectivity index (χ1v) is 12.9. The highest BCUT2D eigenvalue weighted by Gasteiger charge is 2.16. The highest BCUT2D eigenvalue weighted by molar-refractivity contribution is 6.12. The van der Waals surface area contributed by atoms with Crippen LogP contribution in [0.4, 0.5) is 0 Å². The van der Waals surface area contributed by atoms with Crippen LogP contribution in [0.3, 0.4) is 0 Å². The number of hydrogen-bond donors (Lipinski definition) is 0. The van der Waals surface area contributed by atoms with Gasteiger partial charge in [0.25, 0.3) is 0 Å². The smallest absolute Gasteiger partial charge is 0.0571 e. The number of hydrogen-bond acceptors (Lipinski definition) is 1. The van der Waals surface area contributed by atoms with Gasteiger partial charge in [0.15, 0.2) is 0 Å². The number of benzene rings is 5. The quantitative estimate of drug-likeness (QED) is 0.245. The van der Waals surface area contributed by atoms with Gasteiger partial charge in [0, 0.05) is 45.3 Å². The zero-order chi connectivity index (χ0) is 25.1. The molecule has 8 aromatic rings. The van der Waals surface area contributed by atoms with E-state index < -0.39 is 0 Å². The molecule has 3 aromatic heterocycles. The molecule has 0 aliphatic heterocycles. The second-order valence-corrected chi connectivity index (χ2v) is 9.71. The Morgan fingerprint density at radius 3 is 1.68 bits per heavy atom. The minimum Gasteiger partial charge on any atom is -0.309 e. The molecule has 0 atom stereocenters. The maximum absolute atomic E-state index is 4.50. The van der Waals surface area contributed by atoms with Crippen molar-refractivity contribution in [2.75, 3.05) is 0 Å². The molecule has 38 heavy (non-hydrogen) atoms. The summed E-state index contributed by atoms with van der Waals surface area (Å²) >= 11 is 0. The third kappa shape index (κ3) is 3.06. The molecule has 0 saturated heterocycles. The largest absolute Gasteiger partial charge is 0.309 e. The van der Waals surface area contributed by atoms with Gasteiger partial charge >= 0.3 is 0 Å². The van der Waals surface area contributed by atoms with Gasteiger partial charge in [-0.05, 0) is 59.7 Å². The molecule has 3 heterocycles. The number of pyridine rings is 1. The van der Waals surface area contributed by atoms with E-state index in [1.165, 1.54) is 43.8 Å². The third-order valence-electron chi connectivity index (χ3n) is 7.62. The van der Waals surface area contributed by atoms with E-state index in [-0.39, 0.29) is 0 Å². The van der Waals surface area contributed by atoms with Crippen LogP contribution in [0, 0.1) is 0 Å². The van der Waals surface area contributed by atoms with Crippen LogP contribution in [-0.4, -0.2) is 14.1 Å². The van der Waals surface area contributed by atoms with E-state index in [9.17, 15) is 0 Å². The maximum Gasteiger partial charge on any atom is 0.0571 e. The Hall–Kier alpha value is -5.15. The monoisotopic (exact) mass is 485 g/mol. The molecule has 178 valence electrons. The highest BCUT2D eigenvalue weighted by Crippen LogP contribution is 2.36. The average Bonchev–Trinajstić information content (AvgIpc) is 3.50. The lowest BCUT2D eigenvalue weighted by Gasteiger charge is -2.11. The minimum atomic E-state index is 1.14. The molecular formula is C35H23N3. The second kappa shape index (κ2) is 8.19. The summed E-state index contributed by atoms with van der Waals surface area (Å²) in [6, 6.07) is 45.6. The van der Waals surface area contributed by atoms with Crippen molar-refractivity contribution < 1.29 is 0 Å². The van der Waals surface area contributed by atoms with Gasteiger partial charge in [-0.3, -0.25) is 4.98 Å². The molecule has 0 radical (unpaired) electrons. The predicted molar refractivity (Wildman–Crippen MR) is 158 cm³/mol. The Morgan fingerprint density at radius 1 is 0.395 bits per heavy atom. The summed E-state index contributed by atoms with van der Waals surface area (Å²) < 4.78 is 4.72. The summed E-state index contributed by atoms with van der Waals surface area (Å²) in [5.41, 5.74) is 9.48. The van der Waals surface area contributed by atoms with Gasteiger partial charge in [-0.15, -0.1) is 0 Å². The SMILES string of the molecule is c1ccc(-c2ccc(-n3c4ccncc4c4cc(-n5c6ccccc6c6ccccc65)ccc43)cc2)cc1. The number of rotatable bonds is 3. The second-order valence-electron chi connectivity index (χ2n) is 9.71. The minimum absolute atomic E-state index is 1.14.